The summed E-state index contributed by atoms with van der Waals surface area (Å²) in [6, 6.07) is 22.3. The predicted octanol–water partition coefficient (Wildman–Crippen LogP) is 3.93. The summed E-state index contributed by atoms with van der Waals surface area (Å²) in [5.74, 6) is -0.630. The van der Waals surface area contributed by atoms with E-state index in [1.807, 2.05) is 80.7 Å². The minimum absolute atomic E-state index is 0.0536. The maximum absolute atomic E-state index is 14.2. The fourth-order valence-corrected chi connectivity index (χ4v) is 9.97. The predicted molar refractivity (Wildman–Crippen MR) is 172 cm³/mol. The summed E-state index contributed by atoms with van der Waals surface area (Å²) in [6.07, 6.45) is -0.795. The van der Waals surface area contributed by atoms with Gasteiger partial charge in [-0.05, 0) is 49.0 Å². The molecule has 3 amide bonds. The second kappa shape index (κ2) is 11.7. The summed E-state index contributed by atoms with van der Waals surface area (Å²) < 4.78 is 12.5. The third kappa shape index (κ3) is 5.23. The molecule has 2 N–H and O–H groups in total. The van der Waals surface area contributed by atoms with E-state index in [2.05, 4.69) is 0 Å². The van der Waals surface area contributed by atoms with Crippen molar-refractivity contribution in [2.75, 3.05) is 36.6 Å². The first-order valence-electron chi connectivity index (χ1n) is 15.3. The number of ether oxygens (including phenoxy) is 2. The molecule has 0 aliphatic carbocycles. The van der Waals surface area contributed by atoms with Crippen LogP contribution in [0.25, 0.3) is 0 Å². The molecular weight excluding hydrogens is 590 g/mol. The number of aliphatic hydroxyl groups excluding tert-OH is 1. The van der Waals surface area contributed by atoms with Crippen LogP contribution in [-0.4, -0.2) is 73.8 Å². The summed E-state index contributed by atoms with van der Waals surface area (Å²) in [5, 5.41) is 9.76. The van der Waals surface area contributed by atoms with Gasteiger partial charge >= 0.3 is 0 Å². The molecule has 236 valence electrons. The average molecular weight is 630 g/mol. The molecule has 6 rings (SSSR count). The Labute approximate surface area is 263 Å². The third-order valence-corrected chi connectivity index (χ3v) is 11.9. The summed E-state index contributed by atoms with van der Waals surface area (Å²) >= 11 is 0. The van der Waals surface area contributed by atoms with Crippen molar-refractivity contribution >= 4 is 43.1 Å². The number of likely N-dealkylation sites (N-methyl/N-ethyl adjacent to an activating group) is 1. The number of aliphatic hydroxyl groups is 1. The van der Waals surface area contributed by atoms with Crippen LogP contribution in [0.2, 0.25) is 18.6 Å². The maximum atomic E-state index is 14.2. The highest BCUT2D eigenvalue weighted by molar-refractivity contribution is 6.71. The van der Waals surface area contributed by atoms with Crippen molar-refractivity contribution in [1.29, 1.82) is 0 Å². The van der Waals surface area contributed by atoms with Crippen LogP contribution in [0.1, 0.15) is 24.5 Å². The van der Waals surface area contributed by atoms with Gasteiger partial charge in [-0.3, -0.25) is 19.3 Å². The van der Waals surface area contributed by atoms with Crippen LogP contribution in [0, 0.1) is 5.92 Å². The zero-order valence-corrected chi connectivity index (χ0v) is 27.0. The van der Waals surface area contributed by atoms with Crippen LogP contribution in [-0.2, 0) is 31.3 Å². The van der Waals surface area contributed by atoms with Crippen molar-refractivity contribution in [3.8, 4) is 5.75 Å². The van der Waals surface area contributed by atoms with E-state index in [1.54, 1.807) is 33.9 Å². The second-order valence-electron chi connectivity index (χ2n) is 12.6. The molecule has 0 radical (unpaired) electrons. The molecule has 3 aliphatic rings. The fraction of sp³-hybridized carbons (Fsp3) is 0.382. The Bertz CT molecular complexity index is 1630. The zero-order valence-electron chi connectivity index (χ0n) is 26.0. The number of nitrogens with zero attached hydrogens (tertiary/aromatic N) is 3. The monoisotopic (exact) mass is 629 g/mol. The highest BCUT2D eigenvalue weighted by atomic mass is 28.4. The van der Waals surface area contributed by atoms with Crippen molar-refractivity contribution in [1.82, 2.24) is 4.90 Å². The number of rotatable bonds is 8. The second-order valence-corrected chi connectivity index (χ2v) is 16.6. The number of carbonyl (C=O) groups excluding carboxylic acids is 3. The number of benzene rings is 3. The molecule has 1 spiro atoms. The maximum Gasteiger partial charge on any atom is 0.269 e. The van der Waals surface area contributed by atoms with Gasteiger partial charge in [-0.25, -0.2) is 0 Å². The van der Waals surface area contributed by atoms with Gasteiger partial charge in [0.2, 0.25) is 5.91 Å². The number of para-hydroxylation sites is 2. The molecule has 0 saturated carbocycles. The summed E-state index contributed by atoms with van der Waals surface area (Å²) in [4.78, 5) is 57.5. The molecule has 1 saturated heterocycles. The number of amides is 3. The standard InChI is InChI=1S/C34H39N3O7Si/c1-22-32(45(3,4)42)29(19-30(39)36(16-17-38)20-23-10-6-5-7-11-23)44-34(22)25-18-24(14-15-26(25)35(2)33(34)41)37-27-12-8-9-13-28(27)43-21-31(37)40/h5-15,18,22,29,32,38,42H,16-17,19-21H2,1-4H3/t22-,29+,32-,34+/m0/s1. The highest BCUT2D eigenvalue weighted by Crippen LogP contribution is 2.60. The lowest BCUT2D eigenvalue weighted by Crippen LogP contribution is -2.45. The summed E-state index contributed by atoms with van der Waals surface area (Å²) in [5.41, 5.74) is 1.45. The quantitative estimate of drug-likeness (QED) is 0.363. The largest absolute Gasteiger partial charge is 0.482 e. The molecule has 0 unspecified atom stereocenters. The van der Waals surface area contributed by atoms with Gasteiger partial charge in [-0.15, -0.1) is 0 Å². The van der Waals surface area contributed by atoms with Gasteiger partial charge in [0.25, 0.3) is 11.8 Å². The van der Waals surface area contributed by atoms with E-state index in [1.165, 1.54) is 0 Å². The Morgan fingerprint density at radius 1 is 1.04 bits per heavy atom. The van der Waals surface area contributed by atoms with E-state index in [0.29, 0.717) is 34.9 Å². The highest BCUT2D eigenvalue weighted by Gasteiger charge is 2.66. The first-order valence-corrected chi connectivity index (χ1v) is 18.3. The van der Waals surface area contributed by atoms with Crippen LogP contribution < -0.4 is 14.5 Å². The molecule has 10 nitrogen and oxygen atoms in total. The van der Waals surface area contributed by atoms with Crippen molar-refractivity contribution in [2.24, 2.45) is 5.92 Å². The Hall–Kier alpha value is -4.03. The lowest BCUT2D eigenvalue weighted by atomic mass is 9.82. The van der Waals surface area contributed by atoms with Crippen molar-refractivity contribution in [3.05, 3.63) is 83.9 Å². The van der Waals surface area contributed by atoms with Crippen molar-refractivity contribution in [3.63, 3.8) is 0 Å². The normalized spacial score (nSPS) is 24.1. The molecule has 3 aromatic rings. The van der Waals surface area contributed by atoms with E-state index in [-0.39, 0.29) is 43.9 Å². The zero-order chi connectivity index (χ0) is 32.1. The third-order valence-electron chi connectivity index (χ3n) is 9.38. The number of carbonyl (C=O) groups is 3. The molecule has 3 aliphatic heterocycles. The van der Waals surface area contributed by atoms with Crippen molar-refractivity contribution < 1.29 is 33.8 Å². The van der Waals surface area contributed by atoms with Gasteiger partial charge in [-0.2, -0.15) is 0 Å². The number of fused-ring (bicyclic) bond motifs is 3. The summed E-state index contributed by atoms with van der Waals surface area (Å²) in [7, 11) is -1.32. The van der Waals surface area contributed by atoms with Crippen molar-refractivity contribution in [2.45, 2.75) is 50.2 Å². The Balaban J connectivity index is 1.38. The topological polar surface area (TPSA) is 120 Å². The number of anilines is 3. The van der Waals surface area contributed by atoms with Crippen LogP contribution >= 0.6 is 0 Å². The van der Waals surface area contributed by atoms with E-state index < -0.39 is 31.5 Å². The van der Waals surface area contributed by atoms with E-state index in [9.17, 15) is 24.3 Å². The van der Waals surface area contributed by atoms with Gasteiger partial charge < -0.3 is 29.2 Å². The van der Waals surface area contributed by atoms with E-state index in [4.69, 9.17) is 9.47 Å². The number of hydrogen-bond donors (Lipinski definition) is 2. The van der Waals surface area contributed by atoms with E-state index >= 15 is 0 Å². The van der Waals surface area contributed by atoms with Crippen LogP contribution in [0.4, 0.5) is 17.1 Å². The molecule has 0 bridgehead atoms. The molecule has 3 aromatic carbocycles. The SMILES string of the molecule is C[C@H]1[C@H]([Si](C)(C)O)[C@@H](CC(=O)N(CCO)Cc2ccccc2)O[C@]12C(=O)N(C)c1ccc(N3C(=O)COc4ccccc43)cc12. The lowest BCUT2D eigenvalue weighted by molar-refractivity contribution is -0.149. The Morgan fingerprint density at radius 3 is 2.47 bits per heavy atom. The minimum atomic E-state index is -3.01. The molecule has 1 fully saturated rings. The van der Waals surface area contributed by atoms with Gasteiger partial charge in [0, 0.05) is 42.8 Å². The van der Waals surface area contributed by atoms with Gasteiger partial charge in [0.1, 0.15) is 5.75 Å². The van der Waals surface area contributed by atoms with Gasteiger partial charge in [0.05, 0.1) is 30.5 Å². The minimum Gasteiger partial charge on any atom is -0.482 e. The van der Waals surface area contributed by atoms with E-state index in [0.717, 1.165) is 5.56 Å². The molecular formula is C34H39N3O7Si. The molecule has 0 aromatic heterocycles. The summed E-state index contributed by atoms with van der Waals surface area (Å²) in [6.45, 7) is 5.69. The molecule has 4 atom stereocenters. The number of hydrogen-bond acceptors (Lipinski definition) is 7. The lowest BCUT2D eigenvalue weighted by Gasteiger charge is -2.33. The van der Waals surface area contributed by atoms with Crippen LogP contribution in [0.15, 0.2) is 72.8 Å². The first-order chi connectivity index (χ1) is 21.5. The smallest absolute Gasteiger partial charge is 0.269 e. The van der Waals surface area contributed by atoms with Gasteiger partial charge in [0.15, 0.2) is 20.5 Å². The fourth-order valence-electron chi connectivity index (χ4n) is 7.41. The molecule has 3 heterocycles. The molecule has 11 heteroatoms. The van der Waals surface area contributed by atoms with Crippen LogP contribution in [0.3, 0.4) is 0 Å². The Morgan fingerprint density at radius 2 is 1.76 bits per heavy atom. The Kier molecular flexibility index (Phi) is 8.06. The first kappa shape index (κ1) is 31.0. The average Bonchev–Trinajstić information content (AvgIpc) is 3.43. The molecule has 45 heavy (non-hydrogen) atoms. The van der Waals surface area contributed by atoms with Gasteiger partial charge in [-0.1, -0.05) is 49.4 Å². The van der Waals surface area contributed by atoms with Crippen LogP contribution in [0.5, 0.6) is 5.75 Å².